The van der Waals surface area contributed by atoms with Crippen molar-refractivity contribution < 1.29 is 9.53 Å². The molecule has 1 heterocycles. The number of nitrogens with zero attached hydrogens (tertiary/aromatic N) is 2. The molecule has 0 saturated carbocycles. The van der Waals surface area contributed by atoms with Crippen LogP contribution in [-0.4, -0.2) is 28.6 Å². The minimum Gasteiger partial charge on any atom is -0.484 e. The Labute approximate surface area is 222 Å². The van der Waals surface area contributed by atoms with Gasteiger partial charge >= 0.3 is 0 Å². The Hall–Kier alpha value is -3.83. The van der Waals surface area contributed by atoms with Gasteiger partial charge in [0.05, 0.1) is 11.0 Å². The number of para-hydroxylation sites is 2. The molecule has 37 heavy (non-hydrogen) atoms. The number of benzene rings is 4. The zero-order valence-electron chi connectivity index (χ0n) is 20.7. The summed E-state index contributed by atoms with van der Waals surface area (Å²) in [6.07, 6.45) is 3.83. The highest BCUT2D eigenvalue weighted by atomic mass is 35.5. The van der Waals surface area contributed by atoms with Gasteiger partial charge in [0.15, 0.2) is 6.61 Å². The van der Waals surface area contributed by atoms with E-state index in [0.717, 1.165) is 43.6 Å². The summed E-state index contributed by atoms with van der Waals surface area (Å²) in [5, 5.41) is 6.11. The van der Waals surface area contributed by atoms with E-state index >= 15 is 0 Å². The summed E-state index contributed by atoms with van der Waals surface area (Å²) < 4.78 is 7.85. The SMILES string of the molecule is O=C(COc1ccc(Cl)cc1)NCCCCCc1nc2ccccc2n1Cc1cccc2ccccc12. The lowest BCUT2D eigenvalue weighted by Crippen LogP contribution is -2.29. The van der Waals surface area contributed by atoms with Gasteiger partial charge in [-0.2, -0.15) is 0 Å². The molecule has 0 bridgehead atoms. The molecule has 1 amide bonds. The van der Waals surface area contributed by atoms with Gasteiger partial charge in [-0.3, -0.25) is 4.79 Å². The maximum absolute atomic E-state index is 12.1. The number of carbonyl (C=O) groups excluding carboxylic acids is 1. The van der Waals surface area contributed by atoms with Gasteiger partial charge in [-0.05, 0) is 65.6 Å². The summed E-state index contributed by atoms with van der Waals surface area (Å²) in [5.74, 6) is 1.62. The lowest BCUT2D eigenvalue weighted by molar-refractivity contribution is -0.123. The number of carbonyl (C=O) groups is 1. The van der Waals surface area contributed by atoms with Crippen LogP contribution < -0.4 is 10.1 Å². The Morgan fingerprint density at radius 3 is 2.54 bits per heavy atom. The molecule has 188 valence electrons. The van der Waals surface area contributed by atoms with Gasteiger partial charge in [0.25, 0.3) is 5.91 Å². The van der Waals surface area contributed by atoms with Gasteiger partial charge in [-0.1, -0.05) is 72.6 Å². The largest absolute Gasteiger partial charge is 0.484 e. The van der Waals surface area contributed by atoms with Gasteiger partial charge in [-0.15, -0.1) is 0 Å². The normalized spacial score (nSPS) is 11.2. The van der Waals surface area contributed by atoms with E-state index in [1.54, 1.807) is 24.3 Å². The predicted octanol–water partition coefficient (Wildman–Crippen LogP) is 6.80. The molecule has 0 spiro atoms. The van der Waals surface area contributed by atoms with Crippen molar-refractivity contribution in [3.8, 4) is 5.75 Å². The van der Waals surface area contributed by atoms with Crippen LogP contribution in [0, 0.1) is 0 Å². The molecule has 0 saturated heterocycles. The highest BCUT2D eigenvalue weighted by molar-refractivity contribution is 6.30. The zero-order valence-corrected chi connectivity index (χ0v) is 21.5. The summed E-state index contributed by atoms with van der Waals surface area (Å²) >= 11 is 5.87. The van der Waals surface area contributed by atoms with Crippen LogP contribution in [0.3, 0.4) is 0 Å². The van der Waals surface area contributed by atoms with Crippen LogP contribution in [0.5, 0.6) is 5.75 Å². The molecule has 0 fully saturated rings. The number of halogens is 1. The average Bonchev–Trinajstić information content (AvgIpc) is 3.27. The number of fused-ring (bicyclic) bond motifs is 2. The van der Waals surface area contributed by atoms with E-state index < -0.39 is 0 Å². The van der Waals surface area contributed by atoms with Crippen LogP contribution in [0.4, 0.5) is 0 Å². The molecule has 4 aromatic carbocycles. The van der Waals surface area contributed by atoms with Gasteiger partial charge in [0.2, 0.25) is 0 Å². The van der Waals surface area contributed by atoms with Gasteiger partial charge in [0.1, 0.15) is 11.6 Å². The maximum Gasteiger partial charge on any atom is 0.257 e. The fourth-order valence-electron chi connectivity index (χ4n) is 4.64. The predicted molar refractivity (Wildman–Crippen MR) is 150 cm³/mol. The quantitative estimate of drug-likeness (QED) is 0.198. The molecular formula is C31H30ClN3O2. The minimum atomic E-state index is -0.119. The molecule has 0 aliphatic carbocycles. The number of aromatic nitrogens is 2. The molecule has 1 N–H and O–H groups in total. The standard InChI is InChI=1S/C31H30ClN3O2/c32-25-16-18-26(19-17-25)37-22-31(36)33-20-7-1-2-15-30-34-28-13-5-6-14-29(28)35(30)21-24-11-8-10-23-9-3-4-12-27(23)24/h3-6,8-14,16-19H,1-2,7,15,20-22H2,(H,33,36). The molecule has 5 rings (SSSR count). The smallest absolute Gasteiger partial charge is 0.257 e. The third-order valence-electron chi connectivity index (χ3n) is 6.52. The van der Waals surface area contributed by atoms with Gasteiger partial charge in [0, 0.05) is 24.5 Å². The molecule has 0 aliphatic rings. The van der Waals surface area contributed by atoms with E-state index in [1.807, 2.05) is 6.07 Å². The molecule has 0 radical (unpaired) electrons. The first-order valence-electron chi connectivity index (χ1n) is 12.7. The number of hydrogen-bond acceptors (Lipinski definition) is 3. The first kappa shape index (κ1) is 24.8. The van der Waals surface area contributed by atoms with E-state index in [9.17, 15) is 4.79 Å². The first-order chi connectivity index (χ1) is 18.2. The molecule has 1 aromatic heterocycles. The number of unbranched alkanes of at least 4 members (excludes halogenated alkanes) is 2. The Kier molecular flexibility index (Phi) is 8.02. The zero-order chi connectivity index (χ0) is 25.5. The highest BCUT2D eigenvalue weighted by Crippen LogP contribution is 2.24. The second kappa shape index (κ2) is 11.9. The van der Waals surface area contributed by atoms with Crippen LogP contribution in [0.2, 0.25) is 5.02 Å². The van der Waals surface area contributed by atoms with Crippen molar-refractivity contribution in [1.29, 1.82) is 0 Å². The van der Waals surface area contributed by atoms with Crippen molar-refractivity contribution in [3.63, 3.8) is 0 Å². The van der Waals surface area contributed by atoms with Crippen LogP contribution in [0.1, 0.15) is 30.7 Å². The summed E-state index contributed by atoms with van der Waals surface area (Å²) in [6, 6.07) is 30.4. The van der Waals surface area contributed by atoms with E-state index in [2.05, 4.69) is 70.5 Å². The third-order valence-corrected chi connectivity index (χ3v) is 6.78. The lowest BCUT2D eigenvalue weighted by Gasteiger charge is -2.12. The summed E-state index contributed by atoms with van der Waals surface area (Å²) in [5.41, 5.74) is 3.50. The second-order valence-corrected chi connectivity index (χ2v) is 9.58. The second-order valence-electron chi connectivity index (χ2n) is 9.14. The molecular weight excluding hydrogens is 482 g/mol. The summed E-state index contributed by atoms with van der Waals surface area (Å²) in [4.78, 5) is 17.0. The molecule has 0 unspecified atom stereocenters. The number of ether oxygens (including phenoxy) is 1. The van der Waals surface area contributed by atoms with Crippen LogP contribution in [0.25, 0.3) is 21.8 Å². The van der Waals surface area contributed by atoms with Crippen molar-refractivity contribution in [2.45, 2.75) is 32.2 Å². The Bertz CT molecular complexity index is 1490. The molecule has 6 heteroatoms. The monoisotopic (exact) mass is 511 g/mol. The van der Waals surface area contributed by atoms with Crippen LogP contribution in [-0.2, 0) is 17.8 Å². The van der Waals surface area contributed by atoms with Crippen molar-refractivity contribution in [1.82, 2.24) is 14.9 Å². The fraction of sp³-hybridized carbons (Fsp3) is 0.226. The van der Waals surface area contributed by atoms with Crippen LogP contribution in [0.15, 0.2) is 91.0 Å². The Morgan fingerprint density at radius 1 is 0.865 bits per heavy atom. The number of aryl methyl sites for hydroxylation is 1. The Balaban J connectivity index is 1.14. The van der Waals surface area contributed by atoms with Crippen LogP contribution >= 0.6 is 11.6 Å². The minimum absolute atomic E-state index is 0.000173. The molecule has 0 atom stereocenters. The topological polar surface area (TPSA) is 56.1 Å². The average molecular weight is 512 g/mol. The van der Waals surface area contributed by atoms with E-state index in [0.29, 0.717) is 17.3 Å². The van der Waals surface area contributed by atoms with E-state index in [4.69, 9.17) is 21.3 Å². The highest BCUT2D eigenvalue weighted by Gasteiger charge is 2.12. The van der Waals surface area contributed by atoms with Gasteiger partial charge < -0.3 is 14.6 Å². The molecule has 0 aliphatic heterocycles. The first-order valence-corrected chi connectivity index (χ1v) is 13.1. The van der Waals surface area contributed by atoms with Crippen molar-refractivity contribution in [3.05, 3.63) is 107 Å². The fourth-order valence-corrected chi connectivity index (χ4v) is 4.76. The van der Waals surface area contributed by atoms with E-state index in [-0.39, 0.29) is 12.5 Å². The number of hydrogen-bond donors (Lipinski definition) is 1. The Morgan fingerprint density at radius 2 is 1.65 bits per heavy atom. The molecule has 5 nitrogen and oxygen atoms in total. The maximum atomic E-state index is 12.1. The number of imidazole rings is 1. The molecule has 5 aromatic rings. The van der Waals surface area contributed by atoms with Crippen molar-refractivity contribution >= 4 is 39.3 Å². The van der Waals surface area contributed by atoms with Crippen molar-refractivity contribution in [2.24, 2.45) is 0 Å². The van der Waals surface area contributed by atoms with Crippen molar-refractivity contribution in [2.75, 3.05) is 13.2 Å². The lowest BCUT2D eigenvalue weighted by atomic mass is 10.0. The summed E-state index contributed by atoms with van der Waals surface area (Å²) in [6.45, 7) is 1.43. The number of amides is 1. The third kappa shape index (κ3) is 6.30. The summed E-state index contributed by atoms with van der Waals surface area (Å²) in [7, 11) is 0. The van der Waals surface area contributed by atoms with E-state index in [1.165, 1.54) is 21.9 Å². The number of rotatable bonds is 11. The van der Waals surface area contributed by atoms with Gasteiger partial charge in [-0.25, -0.2) is 4.98 Å². The number of nitrogens with one attached hydrogen (secondary N) is 1.